The fraction of sp³-hybridized carbons (Fsp3) is 0.103. The van der Waals surface area contributed by atoms with Crippen LogP contribution in [0.1, 0.15) is 18.1 Å². The van der Waals surface area contributed by atoms with E-state index in [0.29, 0.717) is 38.5 Å². The fourth-order valence-electron chi connectivity index (χ4n) is 6.02. The summed E-state index contributed by atoms with van der Waals surface area (Å²) in [5.74, 6) is 0.409. The van der Waals surface area contributed by atoms with E-state index in [9.17, 15) is 0 Å². The third kappa shape index (κ3) is 5.39. The first-order valence-electron chi connectivity index (χ1n) is 15.1. The van der Waals surface area contributed by atoms with Gasteiger partial charge in [-0.05, 0) is 43.3 Å². The first kappa shape index (κ1) is 30.5. The molecule has 1 atom stereocenters. The first-order chi connectivity index (χ1) is 22.9. The van der Waals surface area contributed by atoms with Gasteiger partial charge in [-0.1, -0.05) is 114 Å². The number of nitrogens with zero attached hydrogens (tertiary/aromatic N) is 4. The molecule has 0 aliphatic carbocycles. The lowest BCUT2D eigenvalue weighted by atomic mass is 10.0. The zero-order valence-electron chi connectivity index (χ0n) is 26.0. The quantitative estimate of drug-likeness (QED) is 0.164. The van der Waals surface area contributed by atoms with Gasteiger partial charge in [0.1, 0.15) is 17.3 Å². The minimum atomic E-state index is -1.41. The van der Waals surface area contributed by atoms with Crippen molar-refractivity contribution in [2.75, 3.05) is 14.2 Å². The predicted octanol–water partition coefficient (Wildman–Crippen LogP) is 9.83. The van der Waals surface area contributed by atoms with Crippen molar-refractivity contribution in [1.82, 2.24) is 9.55 Å². The van der Waals surface area contributed by atoms with Gasteiger partial charge in [-0.3, -0.25) is 4.57 Å². The topological polar surface area (TPSA) is 61.0 Å². The van der Waals surface area contributed by atoms with Gasteiger partial charge < -0.3 is 9.47 Å². The van der Waals surface area contributed by atoms with E-state index < -0.39 is 5.79 Å². The SMILES string of the molecule is COc1ccc(-c2nc(-c3ccccc3)c(-c3ccccc3)n2C2(c3ccc(OC)cc3Cl)N=C(C)C(c3ccccc3)=N2)c(Cl)c1. The Balaban J connectivity index is 1.67. The molecule has 8 heteroatoms. The number of aliphatic imine (C=N–C) groups is 2. The van der Waals surface area contributed by atoms with E-state index in [2.05, 4.69) is 16.7 Å². The molecule has 0 saturated carbocycles. The predicted molar refractivity (Wildman–Crippen MR) is 191 cm³/mol. The van der Waals surface area contributed by atoms with Crippen LogP contribution in [-0.4, -0.2) is 35.2 Å². The van der Waals surface area contributed by atoms with E-state index >= 15 is 0 Å². The van der Waals surface area contributed by atoms with E-state index in [1.165, 1.54) is 0 Å². The number of rotatable bonds is 8. The summed E-state index contributed by atoms with van der Waals surface area (Å²) in [6.07, 6.45) is 0. The first-order valence-corrected chi connectivity index (χ1v) is 15.8. The maximum atomic E-state index is 7.17. The molecule has 7 rings (SSSR count). The molecule has 1 unspecified atom stereocenters. The van der Waals surface area contributed by atoms with Crippen LogP contribution in [0.3, 0.4) is 0 Å². The number of hydrogen-bond donors (Lipinski definition) is 0. The average molecular weight is 658 g/mol. The van der Waals surface area contributed by atoms with Gasteiger partial charge in [-0.2, -0.15) is 0 Å². The number of halogens is 2. The standard InChI is InChI=1S/C39H30Cl2N4O2/c1-25-35(26-13-7-4-8-14-26)44-39(43-25,32-22-20-30(47-3)24-34(32)41)45-37(28-17-11-6-12-18-28)36(27-15-9-5-10-16-27)42-38(45)31-21-19-29(46-2)23-33(31)40/h4-24H,1-3H3. The zero-order valence-corrected chi connectivity index (χ0v) is 27.5. The van der Waals surface area contributed by atoms with E-state index in [1.54, 1.807) is 26.4 Å². The second-order valence-corrected chi connectivity index (χ2v) is 11.9. The van der Waals surface area contributed by atoms with Crippen LogP contribution in [0.15, 0.2) is 137 Å². The molecular formula is C39H30Cl2N4O2. The maximum absolute atomic E-state index is 7.17. The van der Waals surface area contributed by atoms with E-state index in [4.69, 9.17) is 47.6 Å². The summed E-state index contributed by atoms with van der Waals surface area (Å²) >= 11 is 14.2. The molecule has 0 amide bonds. The minimum Gasteiger partial charge on any atom is -0.497 e. The number of imidazole rings is 1. The molecule has 0 saturated heterocycles. The fourth-order valence-corrected chi connectivity index (χ4v) is 6.57. The number of benzene rings is 5. The Bertz CT molecular complexity index is 2150. The molecule has 1 aromatic heterocycles. The molecule has 0 bridgehead atoms. The summed E-state index contributed by atoms with van der Waals surface area (Å²) in [6, 6.07) is 41.4. The Morgan fingerprint density at radius 1 is 0.617 bits per heavy atom. The number of aromatic nitrogens is 2. The van der Waals surface area contributed by atoms with E-state index in [0.717, 1.165) is 39.5 Å². The number of methoxy groups -OCH3 is 2. The van der Waals surface area contributed by atoms with Crippen LogP contribution in [0.25, 0.3) is 33.9 Å². The van der Waals surface area contributed by atoms with Gasteiger partial charge in [0.25, 0.3) is 5.79 Å². The van der Waals surface area contributed by atoms with Gasteiger partial charge in [0, 0.05) is 27.8 Å². The van der Waals surface area contributed by atoms with Gasteiger partial charge in [-0.25, -0.2) is 15.0 Å². The largest absolute Gasteiger partial charge is 0.497 e. The lowest BCUT2D eigenvalue weighted by Crippen LogP contribution is -2.31. The molecule has 6 nitrogen and oxygen atoms in total. The molecule has 1 aliphatic heterocycles. The second kappa shape index (κ2) is 12.6. The van der Waals surface area contributed by atoms with Gasteiger partial charge in [0.2, 0.25) is 0 Å². The molecule has 0 spiro atoms. The van der Waals surface area contributed by atoms with Crippen molar-refractivity contribution in [2.45, 2.75) is 12.7 Å². The molecule has 47 heavy (non-hydrogen) atoms. The molecule has 2 heterocycles. The van der Waals surface area contributed by atoms with Crippen LogP contribution in [0.5, 0.6) is 11.5 Å². The zero-order chi connectivity index (χ0) is 32.5. The Kier molecular flexibility index (Phi) is 8.14. The molecular weight excluding hydrogens is 627 g/mol. The highest BCUT2D eigenvalue weighted by atomic mass is 35.5. The smallest absolute Gasteiger partial charge is 0.262 e. The van der Waals surface area contributed by atoms with Gasteiger partial charge in [0.15, 0.2) is 0 Å². The minimum absolute atomic E-state index is 0.444. The summed E-state index contributed by atoms with van der Waals surface area (Å²) in [5, 5.41) is 0.913. The van der Waals surface area contributed by atoms with Crippen molar-refractivity contribution in [3.8, 4) is 45.4 Å². The highest BCUT2D eigenvalue weighted by Gasteiger charge is 2.45. The monoisotopic (exact) mass is 656 g/mol. The Labute approximate surface area is 283 Å². The normalized spacial score (nSPS) is 15.7. The Morgan fingerprint density at radius 3 is 1.74 bits per heavy atom. The summed E-state index contributed by atoms with van der Waals surface area (Å²) in [4.78, 5) is 16.3. The van der Waals surface area contributed by atoms with Crippen molar-refractivity contribution in [3.63, 3.8) is 0 Å². The van der Waals surface area contributed by atoms with Gasteiger partial charge >= 0.3 is 0 Å². The van der Waals surface area contributed by atoms with Crippen LogP contribution in [0, 0.1) is 0 Å². The van der Waals surface area contributed by atoms with Crippen LogP contribution in [0.2, 0.25) is 10.0 Å². The second-order valence-electron chi connectivity index (χ2n) is 11.1. The van der Waals surface area contributed by atoms with Gasteiger partial charge in [0.05, 0.1) is 47.1 Å². The maximum Gasteiger partial charge on any atom is 0.262 e. The molecule has 232 valence electrons. The summed E-state index contributed by atoms with van der Waals surface area (Å²) in [5.41, 5.74) is 7.19. The lowest BCUT2D eigenvalue weighted by Gasteiger charge is -2.30. The summed E-state index contributed by atoms with van der Waals surface area (Å²) < 4.78 is 13.1. The molecule has 6 aromatic rings. The Hall–Kier alpha value is -5.17. The lowest BCUT2D eigenvalue weighted by molar-refractivity contribution is 0.402. The summed E-state index contributed by atoms with van der Waals surface area (Å²) in [7, 11) is 3.23. The van der Waals surface area contributed by atoms with Crippen molar-refractivity contribution in [2.24, 2.45) is 9.98 Å². The van der Waals surface area contributed by atoms with Crippen LogP contribution in [-0.2, 0) is 5.79 Å². The number of ether oxygens (including phenoxy) is 2. The van der Waals surface area contributed by atoms with Crippen LogP contribution >= 0.6 is 23.2 Å². The van der Waals surface area contributed by atoms with E-state index in [1.807, 2.05) is 110 Å². The third-order valence-corrected chi connectivity index (χ3v) is 8.85. The highest BCUT2D eigenvalue weighted by Crippen LogP contribution is 2.48. The molecule has 5 aromatic carbocycles. The highest BCUT2D eigenvalue weighted by molar-refractivity contribution is 6.48. The van der Waals surface area contributed by atoms with Crippen molar-refractivity contribution in [3.05, 3.63) is 149 Å². The Morgan fingerprint density at radius 2 is 1.17 bits per heavy atom. The van der Waals surface area contributed by atoms with E-state index in [-0.39, 0.29) is 0 Å². The average Bonchev–Trinajstić information content (AvgIpc) is 3.68. The summed E-state index contributed by atoms with van der Waals surface area (Å²) in [6.45, 7) is 1.97. The van der Waals surface area contributed by atoms with Gasteiger partial charge in [-0.15, -0.1) is 0 Å². The van der Waals surface area contributed by atoms with Crippen LogP contribution < -0.4 is 9.47 Å². The third-order valence-electron chi connectivity index (χ3n) is 8.22. The molecule has 0 fully saturated rings. The number of hydrogen-bond acceptors (Lipinski definition) is 5. The van der Waals surface area contributed by atoms with Crippen molar-refractivity contribution >= 4 is 34.6 Å². The molecule has 0 radical (unpaired) electrons. The molecule has 1 aliphatic rings. The van der Waals surface area contributed by atoms with Crippen molar-refractivity contribution < 1.29 is 9.47 Å². The van der Waals surface area contributed by atoms with Crippen molar-refractivity contribution in [1.29, 1.82) is 0 Å². The molecule has 0 N–H and O–H groups in total. The van der Waals surface area contributed by atoms with Crippen LogP contribution in [0.4, 0.5) is 0 Å².